The molecule has 3 atom stereocenters. The number of carbonyl (C=O) groups excluding carboxylic acids is 6. The third-order valence-corrected chi connectivity index (χ3v) is 10.2. The van der Waals surface area contributed by atoms with Crippen molar-refractivity contribution in [2.45, 2.75) is 198 Å². The number of primary amides is 1. The Hall–Kier alpha value is -3.30. The molecule has 57 heavy (non-hydrogen) atoms. The molecule has 0 radical (unpaired) electrons. The summed E-state index contributed by atoms with van der Waals surface area (Å²) in [5.74, 6) is -1.10. The lowest BCUT2D eigenvalue weighted by molar-refractivity contribution is -0.368. The number of amides is 6. The molecular weight excluding hydrogens is 727 g/mol. The van der Waals surface area contributed by atoms with Crippen molar-refractivity contribution in [3.05, 3.63) is 0 Å². The Morgan fingerprint density at radius 3 is 1.09 bits per heavy atom. The fourth-order valence-corrected chi connectivity index (χ4v) is 6.64. The summed E-state index contributed by atoms with van der Waals surface area (Å²) in [6.07, 6.45) is 22.0. The molecule has 0 aliphatic carbocycles. The molecule has 0 saturated carbocycles. The summed E-state index contributed by atoms with van der Waals surface area (Å²) in [7, 11) is 0. The average molecular weight is 813 g/mol. The van der Waals surface area contributed by atoms with Crippen molar-refractivity contribution in [3.8, 4) is 0 Å². The third-order valence-electron chi connectivity index (χ3n) is 10.2. The van der Waals surface area contributed by atoms with E-state index in [1.54, 1.807) is 0 Å². The van der Waals surface area contributed by atoms with Gasteiger partial charge in [-0.1, -0.05) is 71.1 Å². The third kappa shape index (κ3) is 32.4. The van der Waals surface area contributed by atoms with Crippen LogP contribution in [0.15, 0.2) is 0 Å². The second-order valence-corrected chi connectivity index (χ2v) is 15.6. The molecule has 0 saturated heterocycles. The highest BCUT2D eigenvalue weighted by Crippen LogP contribution is 2.10. The highest BCUT2D eigenvalue weighted by atomic mass is 16.2. The van der Waals surface area contributed by atoms with Gasteiger partial charge in [0.2, 0.25) is 35.4 Å². The second kappa shape index (κ2) is 38.2. The van der Waals surface area contributed by atoms with E-state index in [1.807, 2.05) is 0 Å². The number of nitrogens with two attached hydrogens (primary N) is 1. The summed E-state index contributed by atoms with van der Waals surface area (Å²) in [5, 5.41) is 14.7. The van der Waals surface area contributed by atoms with E-state index < -0.39 is 24.0 Å². The summed E-state index contributed by atoms with van der Waals surface area (Å²) in [6, 6.07) is -1.69. The standard InChI is InChI=1S/C42H83N9O6/c1-2-3-4-7-12-27-38(53)50-35(24-16-19-30-44)41(56)47-33-22-11-6-9-14-28-39(54)51-36(25-17-20-31-45)42(57)48-32-21-10-5-8-13-26-37(52)49-34(40(46)55)23-15-18-29-43/h34-36H,2-33,43-45H2,1H3,(H2,46,55)(H,47,56)(H,48,57)(H,49,52)(H,50,53)(H,51,54)/p+3. The van der Waals surface area contributed by atoms with Gasteiger partial charge < -0.3 is 49.5 Å². The summed E-state index contributed by atoms with van der Waals surface area (Å²) < 4.78 is 0. The maximum Gasteiger partial charge on any atom is 0.242 e. The lowest BCUT2D eigenvalue weighted by atomic mass is 10.1. The molecule has 16 N–H and O–H groups in total. The quantitative estimate of drug-likeness (QED) is 0.0413. The van der Waals surface area contributed by atoms with E-state index >= 15 is 0 Å². The molecule has 15 heteroatoms. The molecule has 0 heterocycles. The van der Waals surface area contributed by atoms with E-state index in [-0.39, 0.29) is 29.5 Å². The van der Waals surface area contributed by atoms with Gasteiger partial charge in [0.1, 0.15) is 18.1 Å². The number of carbonyl (C=O) groups is 6. The number of quaternary nitrogens is 3. The molecule has 0 aromatic heterocycles. The monoisotopic (exact) mass is 813 g/mol. The predicted molar refractivity (Wildman–Crippen MR) is 225 cm³/mol. The lowest BCUT2D eigenvalue weighted by Gasteiger charge is -2.19. The van der Waals surface area contributed by atoms with Crippen LogP contribution in [-0.2, 0) is 28.8 Å². The molecule has 0 aromatic carbocycles. The topological polar surface area (TPSA) is 272 Å². The van der Waals surface area contributed by atoms with Gasteiger partial charge in [0.25, 0.3) is 0 Å². The number of hydrogen-bond donors (Lipinski definition) is 9. The highest BCUT2D eigenvalue weighted by Gasteiger charge is 2.22. The molecule has 0 spiro atoms. The zero-order valence-corrected chi connectivity index (χ0v) is 36.0. The van der Waals surface area contributed by atoms with Crippen LogP contribution in [-0.4, -0.2) is 86.3 Å². The van der Waals surface area contributed by atoms with Gasteiger partial charge in [0.05, 0.1) is 19.6 Å². The van der Waals surface area contributed by atoms with Crippen LogP contribution in [0, 0.1) is 0 Å². The molecule has 332 valence electrons. The fraction of sp³-hybridized carbons (Fsp3) is 0.857. The number of hydrogen-bond acceptors (Lipinski definition) is 6. The van der Waals surface area contributed by atoms with Crippen LogP contribution in [0.1, 0.15) is 180 Å². The Morgan fingerprint density at radius 2 is 0.737 bits per heavy atom. The van der Waals surface area contributed by atoms with Crippen molar-refractivity contribution in [3.63, 3.8) is 0 Å². The maximum absolute atomic E-state index is 13.0. The number of nitrogens with one attached hydrogen (secondary N) is 5. The van der Waals surface area contributed by atoms with Crippen molar-refractivity contribution in [1.29, 1.82) is 0 Å². The number of unbranched alkanes of at least 4 members (excludes halogenated alkanes) is 15. The normalized spacial score (nSPS) is 12.6. The number of rotatable bonds is 40. The summed E-state index contributed by atoms with van der Waals surface area (Å²) in [6.45, 7) is 5.63. The van der Waals surface area contributed by atoms with E-state index in [9.17, 15) is 28.8 Å². The Bertz CT molecular complexity index is 1080. The van der Waals surface area contributed by atoms with E-state index in [0.29, 0.717) is 51.6 Å². The molecule has 0 rings (SSSR count). The first-order valence-corrected chi connectivity index (χ1v) is 22.7. The summed E-state index contributed by atoms with van der Waals surface area (Å²) >= 11 is 0. The first-order valence-electron chi connectivity index (χ1n) is 22.7. The van der Waals surface area contributed by atoms with Gasteiger partial charge in [-0.3, -0.25) is 28.8 Å². The first-order chi connectivity index (χ1) is 27.6. The van der Waals surface area contributed by atoms with Crippen LogP contribution in [0.2, 0.25) is 0 Å². The van der Waals surface area contributed by atoms with E-state index in [0.717, 1.165) is 148 Å². The van der Waals surface area contributed by atoms with Gasteiger partial charge in [-0.05, 0) is 89.9 Å². The van der Waals surface area contributed by atoms with E-state index in [1.165, 1.54) is 6.42 Å². The summed E-state index contributed by atoms with van der Waals surface area (Å²) in [5.41, 5.74) is 17.0. The van der Waals surface area contributed by atoms with Gasteiger partial charge in [-0.2, -0.15) is 0 Å². The second-order valence-electron chi connectivity index (χ2n) is 15.6. The highest BCUT2D eigenvalue weighted by molar-refractivity contribution is 5.88. The van der Waals surface area contributed by atoms with Crippen LogP contribution in [0.25, 0.3) is 0 Å². The van der Waals surface area contributed by atoms with Gasteiger partial charge in [0.15, 0.2) is 0 Å². The molecular formula is C42H86N9O6+3. The van der Waals surface area contributed by atoms with Crippen molar-refractivity contribution in [2.75, 3.05) is 32.7 Å². The minimum atomic E-state index is -0.626. The Balaban J connectivity index is 4.34. The fourth-order valence-electron chi connectivity index (χ4n) is 6.64. The van der Waals surface area contributed by atoms with Gasteiger partial charge >= 0.3 is 0 Å². The van der Waals surface area contributed by atoms with Crippen molar-refractivity contribution in [2.24, 2.45) is 5.73 Å². The molecule has 0 bridgehead atoms. The minimum absolute atomic E-state index is 0.0514. The zero-order chi connectivity index (χ0) is 42.4. The largest absolute Gasteiger partial charge is 0.368 e. The van der Waals surface area contributed by atoms with Gasteiger partial charge in [-0.25, -0.2) is 0 Å². The van der Waals surface area contributed by atoms with Gasteiger partial charge in [0, 0.05) is 32.4 Å². The summed E-state index contributed by atoms with van der Waals surface area (Å²) in [4.78, 5) is 75.0. The smallest absolute Gasteiger partial charge is 0.242 e. The van der Waals surface area contributed by atoms with Crippen LogP contribution in [0.3, 0.4) is 0 Å². The molecule has 0 aliphatic heterocycles. The average Bonchev–Trinajstić information content (AvgIpc) is 3.18. The van der Waals surface area contributed by atoms with E-state index in [4.69, 9.17) is 5.73 Å². The zero-order valence-electron chi connectivity index (χ0n) is 36.0. The Kier molecular flexibility index (Phi) is 36.0. The minimum Gasteiger partial charge on any atom is -0.368 e. The lowest BCUT2D eigenvalue weighted by Crippen LogP contribution is -2.50. The van der Waals surface area contributed by atoms with Crippen molar-refractivity contribution in [1.82, 2.24) is 26.6 Å². The Morgan fingerprint density at radius 1 is 0.421 bits per heavy atom. The molecule has 6 amide bonds. The molecule has 3 unspecified atom stereocenters. The van der Waals surface area contributed by atoms with Crippen molar-refractivity contribution >= 4 is 35.4 Å². The van der Waals surface area contributed by atoms with Crippen LogP contribution in [0.5, 0.6) is 0 Å². The van der Waals surface area contributed by atoms with Gasteiger partial charge in [-0.15, -0.1) is 0 Å². The SMILES string of the molecule is CCCCCCCC(=O)NC(CCCC[NH3+])C(=O)NCCCCCCCC(=O)NC(CCCC[NH3+])C(=O)NCCCCCCCC(=O)NC(CCCC[NH3+])C(N)=O. The first kappa shape index (κ1) is 53.7. The van der Waals surface area contributed by atoms with Crippen LogP contribution in [0.4, 0.5) is 0 Å². The maximum atomic E-state index is 13.0. The molecule has 0 aromatic rings. The Labute approximate surface area is 344 Å². The van der Waals surface area contributed by atoms with Crippen molar-refractivity contribution < 1.29 is 46.0 Å². The van der Waals surface area contributed by atoms with E-state index in [2.05, 4.69) is 50.7 Å². The molecule has 15 nitrogen and oxygen atoms in total. The molecule has 0 aliphatic rings. The van der Waals surface area contributed by atoms with Crippen LogP contribution < -0.4 is 49.5 Å². The predicted octanol–water partition coefficient (Wildman–Crippen LogP) is 1.44. The molecule has 0 fully saturated rings. The van der Waals surface area contributed by atoms with Crippen LogP contribution >= 0.6 is 0 Å².